The second kappa shape index (κ2) is 7.52. The minimum atomic E-state index is -0.291. The lowest BCUT2D eigenvalue weighted by Gasteiger charge is -2.35. The molecule has 4 nitrogen and oxygen atoms in total. The van der Waals surface area contributed by atoms with Gasteiger partial charge in [0.1, 0.15) is 5.82 Å². The van der Waals surface area contributed by atoms with Crippen molar-refractivity contribution in [1.82, 2.24) is 9.80 Å². The van der Waals surface area contributed by atoms with Gasteiger partial charge in [-0.3, -0.25) is 9.69 Å². The van der Waals surface area contributed by atoms with Crippen LogP contribution in [0, 0.1) is 11.7 Å². The predicted octanol–water partition coefficient (Wildman–Crippen LogP) is 1.11. The number of nitrogens with two attached hydrogens (primary N) is 1. The van der Waals surface area contributed by atoms with Crippen LogP contribution in [0.1, 0.15) is 12.5 Å². The smallest absolute Gasteiger partial charge is 0.227 e. The van der Waals surface area contributed by atoms with E-state index < -0.39 is 0 Å². The maximum absolute atomic E-state index is 13.1. The van der Waals surface area contributed by atoms with Crippen molar-refractivity contribution in [1.29, 1.82) is 0 Å². The molecule has 0 bridgehead atoms. The summed E-state index contributed by atoms with van der Waals surface area (Å²) in [5, 5.41) is 0. The summed E-state index contributed by atoms with van der Waals surface area (Å²) in [5.74, 6) is 0.271. The Morgan fingerprint density at radius 3 is 2.67 bits per heavy atom. The molecule has 0 radical (unpaired) electrons. The zero-order chi connectivity index (χ0) is 15.2. The average molecular weight is 293 g/mol. The third-order valence-electron chi connectivity index (χ3n) is 3.94. The number of nitrogens with zero attached hydrogens (tertiary/aromatic N) is 2. The van der Waals surface area contributed by atoms with Gasteiger partial charge in [-0.05, 0) is 30.2 Å². The van der Waals surface area contributed by atoms with E-state index in [1.807, 2.05) is 4.90 Å². The van der Waals surface area contributed by atoms with Gasteiger partial charge >= 0.3 is 0 Å². The SMILES string of the molecule is CC(CN)CN1CCN(C(=O)Cc2cccc(F)c2)CC1. The Morgan fingerprint density at radius 2 is 2.05 bits per heavy atom. The molecule has 1 aliphatic rings. The Hall–Kier alpha value is -1.46. The molecule has 2 N–H and O–H groups in total. The van der Waals surface area contributed by atoms with Crippen LogP contribution in [0.15, 0.2) is 24.3 Å². The van der Waals surface area contributed by atoms with Crippen molar-refractivity contribution >= 4 is 5.91 Å². The topological polar surface area (TPSA) is 49.6 Å². The van der Waals surface area contributed by atoms with Gasteiger partial charge < -0.3 is 10.6 Å². The lowest BCUT2D eigenvalue weighted by Crippen LogP contribution is -2.50. The second-order valence-electron chi connectivity index (χ2n) is 5.83. The van der Waals surface area contributed by atoms with Crippen LogP contribution in [0.3, 0.4) is 0 Å². The summed E-state index contributed by atoms with van der Waals surface area (Å²) in [6, 6.07) is 6.26. The Morgan fingerprint density at radius 1 is 1.33 bits per heavy atom. The molecule has 1 fully saturated rings. The molecule has 2 rings (SSSR count). The number of halogens is 1. The zero-order valence-corrected chi connectivity index (χ0v) is 12.6. The first-order valence-corrected chi connectivity index (χ1v) is 7.53. The van der Waals surface area contributed by atoms with Crippen LogP contribution >= 0.6 is 0 Å². The maximum atomic E-state index is 13.1. The molecule has 1 unspecified atom stereocenters. The zero-order valence-electron chi connectivity index (χ0n) is 12.6. The van der Waals surface area contributed by atoms with Crippen molar-refractivity contribution in [2.75, 3.05) is 39.3 Å². The summed E-state index contributed by atoms with van der Waals surface area (Å²) in [5.41, 5.74) is 6.38. The second-order valence-corrected chi connectivity index (χ2v) is 5.83. The molecule has 116 valence electrons. The summed E-state index contributed by atoms with van der Waals surface area (Å²) in [4.78, 5) is 16.4. The highest BCUT2D eigenvalue weighted by Crippen LogP contribution is 2.09. The van der Waals surface area contributed by atoms with Gasteiger partial charge in [0, 0.05) is 32.7 Å². The fraction of sp³-hybridized carbons (Fsp3) is 0.562. The molecule has 0 spiro atoms. The summed E-state index contributed by atoms with van der Waals surface area (Å²) in [6.07, 6.45) is 0.275. The van der Waals surface area contributed by atoms with E-state index >= 15 is 0 Å². The van der Waals surface area contributed by atoms with Crippen molar-refractivity contribution in [3.8, 4) is 0 Å². The quantitative estimate of drug-likeness (QED) is 0.884. The maximum Gasteiger partial charge on any atom is 0.227 e. The first kappa shape index (κ1) is 15.9. The normalized spacial score (nSPS) is 17.8. The lowest BCUT2D eigenvalue weighted by atomic mass is 10.1. The molecule has 1 aromatic carbocycles. The van der Waals surface area contributed by atoms with Crippen molar-refractivity contribution in [3.05, 3.63) is 35.6 Å². The van der Waals surface area contributed by atoms with Gasteiger partial charge in [0.2, 0.25) is 5.91 Å². The summed E-state index contributed by atoms with van der Waals surface area (Å²) in [6.45, 7) is 7.08. The molecule has 0 aromatic heterocycles. The highest BCUT2D eigenvalue weighted by Gasteiger charge is 2.21. The van der Waals surface area contributed by atoms with Crippen LogP contribution in [0.25, 0.3) is 0 Å². The average Bonchev–Trinajstić information content (AvgIpc) is 2.47. The van der Waals surface area contributed by atoms with Gasteiger partial charge in [0.15, 0.2) is 0 Å². The van der Waals surface area contributed by atoms with Crippen molar-refractivity contribution < 1.29 is 9.18 Å². The fourth-order valence-electron chi connectivity index (χ4n) is 2.63. The monoisotopic (exact) mass is 293 g/mol. The number of benzene rings is 1. The van der Waals surface area contributed by atoms with Crippen molar-refractivity contribution in [2.45, 2.75) is 13.3 Å². The number of carbonyl (C=O) groups excluding carboxylic acids is 1. The number of rotatable bonds is 5. The van der Waals surface area contributed by atoms with Crippen LogP contribution < -0.4 is 5.73 Å². The standard InChI is InChI=1S/C16H24FN3O/c1-13(11-18)12-19-5-7-20(8-6-19)16(21)10-14-3-2-4-15(17)9-14/h2-4,9,13H,5-8,10-12,18H2,1H3. The van der Waals surface area contributed by atoms with E-state index in [0.29, 0.717) is 12.5 Å². The molecule has 1 heterocycles. The van der Waals surface area contributed by atoms with Crippen LogP contribution in [0.2, 0.25) is 0 Å². The minimum Gasteiger partial charge on any atom is -0.340 e. The van der Waals surface area contributed by atoms with Gasteiger partial charge in [-0.2, -0.15) is 0 Å². The van der Waals surface area contributed by atoms with E-state index in [1.54, 1.807) is 12.1 Å². The summed E-state index contributed by atoms with van der Waals surface area (Å²) >= 11 is 0. The molecule has 1 saturated heterocycles. The molecule has 1 atom stereocenters. The number of amides is 1. The highest BCUT2D eigenvalue weighted by atomic mass is 19.1. The van der Waals surface area contributed by atoms with E-state index in [9.17, 15) is 9.18 Å². The Kier molecular flexibility index (Phi) is 5.70. The van der Waals surface area contributed by atoms with Crippen LogP contribution in [-0.2, 0) is 11.2 Å². The molecule has 0 aliphatic carbocycles. The number of hydrogen-bond donors (Lipinski definition) is 1. The number of piperazine rings is 1. The van der Waals surface area contributed by atoms with Gasteiger partial charge in [0.05, 0.1) is 6.42 Å². The van der Waals surface area contributed by atoms with Crippen molar-refractivity contribution in [3.63, 3.8) is 0 Å². The molecule has 0 saturated carbocycles. The van der Waals surface area contributed by atoms with Gasteiger partial charge in [-0.25, -0.2) is 4.39 Å². The molecule has 1 amide bonds. The van der Waals surface area contributed by atoms with Gasteiger partial charge in [0.25, 0.3) is 0 Å². The van der Waals surface area contributed by atoms with Crippen LogP contribution in [-0.4, -0.2) is 55.0 Å². The van der Waals surface area contributed by atoms with E-state index in [1.165, 1.54) is 12.1 Å². The Balaban J connectivity index is 1.80. The first-order chi connectivity index (χ1) is 10.1. The van der Waals surface area contributed by atoms with E-state index in [-0.39, 0.29) is 18.1 Å². The van der Waals surface area contributed by atoms with Crippen LogP contribution in [0.5, 0.6) is 0 Å². The third-order valence-corrected chi connectivity index (χ3v) is 3.94. The Bertz CT molecular complexity index is 472. The lowest BCUT2D eigenvalue weighted by molar-refractivity contribution is -0.132. The molecule has 21 heavy (non-hydrogen) atoms. The van der Waals surface area contributed by atoms with Gasteiger partial charge in [-0.15, -0.1) is 0 Å². The van der Waals surface area contributed by atoms with Crippen LogP contribution in [0.4, 0.5) is 4.39 Å². The number of hydrogen-bond acceptors (Lipinski definition) is 3. The summed E-state index contributed by atoms with van der Waals surface area (Å²) in [7, 11) is 0. The predicted molar refractivity (Wildman–Crippen MR) is 81.3 cm³/mol. The van der Waals surface area contributed by atoms with E-state index in [4.69, 9.17) is 5.73 Å². The fourth-order valence-corrected chi connectivity index (χ4v) is 2.63. The largest absolute Gasteiger partial charge is 0.340 e. The highest BCUT2D eigenvalue weighted by molar-refractivity contribution is 5.78. The van der Waals surface area contributed by atoms with Crippen molar-refractivity contribution in [2.24, 2.45) is 11.7 Å². The first-order valence-electron chi connectivity index (χ1n) is 7.53. The Labute approximate surface area is 125 Å². The van der Waals surface area contributed by atoms with Gasteiger partial charge in [-0.1, -0.05) is 19.1 Å². The van der Waals surface area contributed by atoms with E-state index in [2.05, 4.69) is 11.8 Å². The molecular weight excluding hydrogens is 269 g/mol. The molecule has 5 heteroatoms. The molecular formula is C16H24FN3O. The number of carbonyl (C=O) groups is 1. The molecule has 1 aliphatic heterocycles. The molecule has 1 aromatic rings. The van der Waals surface area contributed by atoms with E-state index in [0.717, 1.165) is 38.3 Å². The third kappa shape index (κ3) is 4.79. The summed E-state index contributed by atoms with van der Waals surface area (Å²) < 4.78 is 13.1. The minimum absolute atomic E-state index is 0.0760.